The highest BCUT2D eigenvalue weighted by molar-refractivity contribution is 5.78. The molecule has 76 valence electrons. The molecule has 2 saturated heterocycles. The van der Waals surface area contributed by atoms with E-state index in [0.29, 0.717) is 0 Å². The lowest BCUT2D eigenvalue weighted by Crippen LogP contribution is -2.38. The third-order valence-corrected chi connectivity index (χ3v) is 3.62. The molecule has 3 aliphatic rings. The predicted octanol–water partition coefficient (Wildman–Crippen LogP) is 0.211. The molecule has 0 aromatic carbocycles. The normalized spacial score (nSPS) is 59.1. The number of esters is 1. The van der Waals surface area contributed by atoms with Crippen LogP contribution in [0.1, 0.15) is 13.8 Å². The average molecular weight is 196 g/mol. The Bertz CT molecular complexity index is 350. The first-order chi connectivity index (χ1) is 6.46. The van der Waals surface area contributed by atoms with Crippen LogP contribution in [0.25, 0.3) is 0 Å². The topological polar surface area (TPSA) is 55.8 Å². The van der Waals surface area contributed by atoms with Crippen LogP contribution in [0.5, 0.6) is 0 Å². The van der Waals surface area contributed by atoms with E-state index in [-0.39, 0.29) is 17.8 Å². The van der Waals surface area contributed by atoms with Crippen molar-refractivity contribution in [2.24, 2.45) is 11.8 Å². The molecule has 4 heteroatoms. The van der Waals surface area contributed by atoms with Gasteiger partial charge in [0, 0.05) is 0 Å². The van der Waals surface area contributed by atoms with E-state index in [4.69, 9.17) is 9.47 Å². The Labute approximate surface area is 81.5 Å². The van der Waals surface area contributed by atoms with Gasteiger partial charge < -0.3 is 14.6 Å². The quantitative estimate of drug-likeness (QED) is 0.444. The van der Waals surface area contributed by atoms with Crippen molar-refractivity contribution in [3.05, 3.63) is 12.2 Å². The summed E-state index contributed by atoms with van der Waals surface area (Å²) in [7, 11) is 0. The lowest BCUT2D eigenvalue weighted by atomic mass is 9.73. The number of ether oxygens (including phenoxy) is 2. The zero-order valence-electron chi connectivity index (χ0n) is 8.06. The summed E-state index contributed by atoms with van der Waals surface area (Å²) in [6.07, 6.45) is 2.79. The van der Waals surface area contributed by atoms with Gasteiger partial charge in [-0.25, -0.2) is 0 Å². The van der Waals surface area contributed by atoms with Gasteiger partial charge in [0.2, 0.25) is 6.29 Å². The number of aliphatic hydroxyl groups is 1. The smallest absolute Gasteiger partial charge is 0.315 e. The van der Waals surface area contributed by atoms with Crippen molar-refractivity contribution in [3.8, 4) is 0 Å². The van der Waals surface area contributed by atoms with Crippen LogP contribution in [-0.2, 0) is 14.3 Å². The standard InChI is InChI=1S/C10H12O4/c1-9-3-4-10(2,14-9)6-5(9)7(11)13-8(6)12/h3-7,11H,1-2H3. The molecular formula is C10H12O4. The fourth-order valence-corrected chi connectivity index (χ4v) is 3.00. The number of hydrogen-bond acceptors (Lipinski definition) is 4. The molecule has 1 N–H and O–H groups in total. The highest BCUT2D eigenvalue weighted by Gasteiger charge is 2.69. The second kappa shape index (κ2) is 2.04. The van der Waals surface area contributed by atoms with E-state index in [0.717, 1.165) is 0 Å². The monoisotopic (exact) mass is 196 g/mol. The number of carbonyl (C=O) groups excluding carboxylic acids is 1. The number of carbonyl (C=O) groups is 1. The summed E-state index contributed by atoms with van der Waals surface area (Å²) in [6, 6.07) is 0. The third-order valence-electron chi connectivity index (χ3n) is 3.62. The summed E-state index contributed by atoms with van der Waals surface area (Å²) in [6.45, 7) is 3.74. The first kappa shape index (κ1) is 8.44. The highest BCUT2D eigenvalue weighted by Crippen LogP contribution is 2.57. The number of rotatable bonds is 0. The van der Waals surface area contributed by atoms with Crippen LogP contribution in [0.3, 0.4) is 0 Å². The Hall–Kier alpha value is -0.870. The van der Waals surface area contributed by atoms with Crippen LogP contribution in [0.15, 0.2) is 12.2 Å². The van der Waals surface area contributed by atoms with Crippen LogP contribution < -0.4 is 0 Å². The van der Waals surface area contributed by atoms with E-state index in [1.54, 1.807) is 0 Å². The predicted molar refractivity (Wildman–Crippen MR) is 46.1 cm³/mol. The van der Waals surface area contributed by atoms with Crippen molar-refractivity contribution < 1.29 is 19.4 Å². The fraction of sp³-hybridized carbons (Fsp3) is 0.700. The lowest BCUT2D eigenvalue weighted by molar-refractivity contribution is -0.169. The summed E-state index contributed by atoms with van der Waals surface area (Å²) in [5.74, 6) is -0.962. The minimum absolute atomic E-state index is 0.259. The molecule has 5 atom stereocenters. The lowest BCUT2D eigenvalue weighted by Gasteiger charge is -2.25. The first-order valence-corrected chi connectivity index (χ1v) is 4.75. The molecule has 3 aliphatic heterocycles. The second-order valence-electron chi connectivity index (χ2n) is 4.63. The van der Waals surface area contributed by atoms with Crippen molar-refractivity contribution in [1.82, 2.24) is 0 Å². The van der Waals surface area contributed by atoms with Crippen molar-refractivity contribution in [1.29, 1.82) is 0 Å². The molecule has 0 saturated carbocycles. The van der Waals surface area contributed by atoms with E-state index in [1.165, 1.54) is 0 Å². The molecule has 5 unspecified atom stereocenters. The molecule has 4 nitrogen and oxygen atoms in total. The number of hydrogen-bond donors (Lipinski definition) is 1. The number of aliphatic hydroxyl groups excluding tert-OH is 1. The Morgan fingerprint density at radius 3 is 2.64 bits per heavy atom. The van der Waals surface area contributed by atoms with Gasteiger partial charge in [0.05, 0.1) is 17.1 Å². The summed E-state index contributed by atoms with van der Waals surface area (Å²) in [5, 5.41) is 9.61. The molecule has 3 heterocycles. The van der Waals surface area contributed by atoms with Crippen LogP contribution in [0.2, 0.25) is 0 Å². The zero-order chi connectivity index (χ0) is 10.1. The minimum atomic E-state index is -1.02. The summed E-state index contributed by atoms with van der Waals surface area (Å²) >= 11 is 0. The zero-order valence-corrected chi connectivity index (χ0v) is 8.06. The van der Waals surface area contributed by atoms with Gasteiger partial charge in [-0.3, -0.25) is 4.79 Å². The van der Waals surface area contributed by atoms with E-state index in [2.05, 4.69) is 0 Å². The van der Waals surface area contributed by atoms with E-state index >= 15 is 0 Å². The minimum Gasteiger partial charge on any atom is -0.435 e. The Balaban J connectivity index is 2.14. The van der Waals surface area contributed by atoms with E-state index in [9.17, 15) is 9.90 Å². The van der Waals surface area contributed by atoms with Crippen LogP contribution in [-0.4, -0.2) is 28.6 Å². The molecule has 0 aliphatic carbocycles. The molecule has 0 radical (unpaired) electrons. The summed E-state index contributed by atoms with van der Waals surface area (Å²) in [4.78, 5) is 11.5. The van der Waals surface area contributed by atoms with Gasteiger partial charge in [0.1, 0.15) is 5.92 Å². The van der Waals surface area contributed by atoms with Gasteiger partial charge in [-0.2, -0.15) is 0 Å². The highest BCUT2D eigenvalue weighted by atomic mass is 16.7. The van der Waals surface area contributed by atoms with Crippen molar-refractivity contribution in [2.45, 2.75) is 31.3 Å². The van der Waals surface area contributed by atoms with Gasteiger partial charge in [0.25, 0.3) is 0 Å². The number of fused-ring (bicyclic) bond motifs is 5. The average Bonchev–Trinajstić information content (AvgIpc) is 2.60. The first-order valence-electron chi connectivity index (χ1n) is 4.75. The maximum atomic E-state index is 11.5. The van der Waals surface area contributed by atoms with Gasteiger partial charge >= 0.3 is 5.97 Å². The van der Waals surface area contributed by atoms with Gasteiger partial charge in [0.15, 0.2) is 0 Å². The van der Waals surface area contributed by atoms with Gasteiger partial charge in [-0.05, 0) is 13.8 Å². The molecule has 0 spiro atoms. The maximum Gasteiger partial charge on any atom is 0.315 e. The van der Waals surface area contributed by atoms with Crippen molar-refractivity contribution >= 4 is 5.97 Å². The Morgan fingerprint density at radius 1 is 1.36 bits per heavy atom. The maximum absolute atomic E-state index is 11.5. The van der Waals surface area contributed by atoms with Crippen molar-refractivity contribution in [2.75, 3.05) is 0 Å². The van der Waals surface area contributed by atoms with Gasteiger partial charge in [-0.15, -0.1) is 0 Å². The van der Waals surface area contributed by atoms with Crippen LogP contribution in [0, 0.1) is 11.8 Å². The molecule has 2 fully saturated rings. The molecule has 14 heavy (non-hydrogen) atoms. The number of cyclic esters (lactones) is 1. The van der Waals surface area contributed by atoms with Crippen LogP contribution >= 0.6 is 0 Å². The Kier molecular flexibility index (Phi) is 1.23. The second-order valence-corrected chi connectivity index (χ2v) is 4.63. The van der Waals surface area contributed by atoms with E-state index in [1.807, 2.05) is 26.0 Å². The SMILES string of the molecule is CC12C=CC(C)(O1)C1C(O)OC(=O)C12. The molecule has 0 aromatic rings. The summed E-state index contributed by atoms with van der Waals surface area (Å²) in [5.41, 5.74) is -1.14. The van der Waals surface area contributed by atoms with E-state index < -0.39 is 17.5 Å². The molecule has 2 bridgehead atoms. The molecule has 0 amide bonds. The molecular weight excluding hydrogens is 184 g/mol. The van der Waals surface area contributed by atoms with Gasteiger partial charge in [-0.1, -0.05) is 12.2 Å². The Morgan fingerprint density at radius 2 is 2.00 bits per heavy atom. The van der Waals surface area contributed by atoms with Crippen LogP contribution in [0.4, 0.5) is 0 Å². The molecule has 3 rings (SSSR count). The van der Waals surface area contributed by atoms with Crippen molar-refractivity contribution in [3.63, 3.8) is 0 Å². The summed E-state index contributed by atoms with van der Waals surface area (Å²) < 4.78 is 10.6. The fourth-order valence-electron chi connectivity index (χ4n) is 3.00. The largest absolute Gasteiger partial charge is 0.435 e. The molecule has 0 aromatic heterocycles. The third kappa shape index (κ3) is 0.709.